The number of hydrogen-bond acceptors (Lipinski definition) is 8. The number of carbonyl (C=O) groups is 1. The van der Waals surface area contributed by atoms with Crippen LogP contribution in [0, 0.1) is 6.92 Å². The van der Waals surface area contributed by atoms with Gasteiger partial charge in [-0.3, -0.25) is 24.3 Å². The Labute approximate surface area is 332 Å². The van der Waals surface area contributed by atoms with Crippen molar-refractivity contribution in [1.29, 1.82) is 0 Å². The van der Waals surface area contributed by atoms with E-state index >= 15 is 0 Å². The monoisotopic (exact) mass is 853 g/mol. The van der Waals surface area contributed by atoms with Gasteiger partial charge in [-0.05, 0) is 108 Å². The molecule has 0 spiro atoms. The number of benzene rings is 2. The first kappa shape index (κ1) is 39.2. The molecule has 0 bridgehead atoms. The van der Waals surface area contributed by atoms with Crippen molar-refractivity contribution in [3.63, 3.8) is 0 Å². The molecule has 7 rings (SSSR count). The van der Waals surface area contributed by atoms with E-state index in [2.05, 4.69) is 93.6 Å². The molecule has 0 N–H and O–H groups in total. The molecule has 1 aliphatic heterocycles. The fourth-order valence-electron chi connectivity index (χ4n) is 7.20. The van der Waals surface area contributed by atoms with Crippen molar-refractivity contribution < 1.29 is 4.79 Å². The lowest BCUT2D eigenvalue weighted by atomic mass is 10.0. The van der Waals surface area contributed by atoms with E-state index in [-0.39, 0.29) is 28.5 Å². The van der Waals surface area contributed by atoms with Gasteiger partial charge >= 0.3 is 0 Å². The maximum atomic E-state index is 13.7. The Morgan fingerprint density at radius 3 is 2.11 bits per heavy atom. The summed E-state index contributed by atoms with van der Waals surface area (Å²) < 4.78 is 6.05. The Morgan fingerprint density at radius 1 is 0.833 bits per heavy atom. The predicted octanol–water partition coefficient (Wildman–Crippen LogP) is 8.67. The maximum Gasteiger partial charge on any atom is 0.199 e. The molecule has 0 saturated carbocycles. The van der Waals surface area contributed by atoms with Crippen molar-refractivity contribution in [2.45, 2.75) is 78.7 Å². The zero-order valence-corrected chi connectivity index (χ0v) is 34.4. The minimum Gasteiger partial charge on any atom is -0.369 e. The lowest BCUT2D eigenvalue weighted by molar-refractivity contribution is 0.112. The molecule has 0 aliphatic carbocycles. The Hall–Kier alpha value is -4.52. The van der Waals surface area contributed by atoms with Gasteiger partial charge in [0.25, 0.3) is 0 Å². The van der Waals surface area contributed by atoms with Crippen molar-refractivity contribution in [3.05, 3.63) is 137 Å². The van der Waals surface area contributed by atoms with Gasteiger partial charge in [0.1, 0.15) is 0 Å². The zero-order valence-electron chi connectivity index (χ0n) is 31.2. The third kappa shape index (κ3) is 8.88. The van der Waals surface area contributed by atoms with Crippen LogP contribution in [0.25, 0.3) is 21.8 Å². The van der Waals surface area contributed by atoms with E-state index in [1.807, 2.05) is 74.1 Å². The lowest BCUT2D eigenvalue weighted by Gasteiger charge is -2.40. The molecule has 10 nitrogen and oxygen atoms in total. The number of rotatable bonds is 9. The van der Waals surface area contributed by atoms with Crippen LogP contribution in [-0.2, 0) is 13.1 Å². The zero-order chi connectivity index (χ0) is 38.5. The van der Waals surface area contributed by atoms with E-state index in [4.69, 9.17) is 0 Å². The van der Waals surface area contributed by atoms with E-state index < -0.39 is 0 Å². The summed E-state index contributed by atoms with van der Waals surface area (Å²) in [5, 5.41) is 9.37. The third-order valence-corrected chi connectivity index (χ3v) is 10.9. The molecule has 6 aromatic rings. The van der Waals surface area contributed by atoms with Crippen molar-refractivity contribution in [3.8, 4) is 0 Å². The summed E-state index contributed by atoms with van der Waals surface area (Å²) in [6.45, 7) is 13.6. The normalized spacial score (nSPS) is 14.6. The van der Waals surface area contributed by atoms with E-state index in [1.165, 1.54) is 5.56 Å². The molecular weight excluding hydrogens is 810 g/mol. The summed E-state index contributed by atoms with van der Waals surface area (Å²) in [6.07, 6.45) is 11.9. The largest absolute Gasteiger partial charge is 0.369 e. The SMILES string of the molecule is CC(C)n1cc(C=O)c(=O)c2ccc(Br)cc21.Cc1cc(CN(Cc2cn(C(C)C)c3cc(Br)ccc3c2=O)[C@H]2CCCN(c3ccnnc3)C2)ccn1. The quantitative estimate of drug-likeness (QED) is 0.133. The fraction of sp³-hybridized carbons (Fsp3) is 0.333. The van der Waals surface area contributed by atoms with Crippen LogP contribution in [0.3, 0.4) is 0 Å². The highest BCUT2D eigenvalue weighted by Gasteiger charge is 2.27. The predicted molar refractivity (Wildman–Crippen MR) is 223 cm³/mol. The summed E-state index contributed by atoms with van der Waals surface area (Å²) in [7, 11) is 0. The summed E-state index contributed by atoms with van der Waals surface area (Å²) in [5.41, 5.74) is 6.05. The molecule has 5 heterocycles. The number of aryl methyl sites for hydroxylation is 1. The molecule has 0 amide bonds. The molecular formula is C42H45Br2N7O3. The number of pyridine rings is 3. The number of fused-ring (bicyclic) bond motifs is 2. The van der Waals surface area contributed by atoms with Crippen molar-refractivity contribution in [2.75, 3.05) is 18.0 Å². The fourth-order valence-corrected chi connectivity index (χ4v) is 7.90. The molecule has 280 valence electrons. The lowest BCUT2D eigenvalue weighted by Crippen LogP contribution is -2.48. The van der Waals surface area contributed by atoms with Gasteiger partial charge in [-0.1, -0.05) is 31.9 Å². The number of nitrogens with zero attached hydrogens (tertiary/aromatic N) is 7. The molecule has 54 heavy (non-hydrogen) atoms. The summed E-state index contributed by atoms with van der Waals surface area (Å²) in [5.74, 6) is 0. The van der Waals surface area contributed by atoms with Gasteiger partial charge in [-0.15, -0.1) is 0 Å². The van der Waals surface area contributed by atoms with Crippen LogP contribution in [0.2, 0.25) is 0 Å². The van der Waals surface area contributed by atoms with Crippen LogP contribution in [-0.4, -0.2) is 54.6 Å². The van der Waals surface area contributed by atoms with E-state index in [0.717, 1.165) is 74.8 Å². The Balaban J connectivity index is 0.000000244. The van der Waals surface area contributed by atoms with Gasteiger partial charge in [0.05, 0.1) is 34.7 Å². The first-order valence-corrected chi connectivity index (χ1v) is 19.8. The van der Waals surface area contributed by atoms with E-state index in [1.54, 1.807) is 18.5 Å². The number of aldehydes is 1. The molecule has 0 unspecified atom stereocenters. The number of carbonyl (C=O) groups excluding carboxylic acids is 1. The van der Waals surface area contributed by atoms with E-state index in [9.17, 15) is 14.4 Å². The molecule has 12 heteroatoms. The Bertz CT molecular complexity index is 2390. The Kier molecular flexibility index (Phi) is 12.6. The van der Waals surface area contributed by atoms with Gasteiger partial charge in [0.15, 0.2) is 17.1 Å². The van der Waals surface area contributed by atoms with Gasteiger partial charge in [0, 0.05) is 93.9 Å². The van der Waals surface area contributed by atoms with Crippen molar-refractivity contribution >= 4 is 65.6 Å². The average molecular weight is 856 g/mol. The molecule has 1 aliphatic rings. The maximum absolute atomic E-state index is 13.7. The van der Waals surface area contributed by atoms with Gasteiger partial charge in [0.2, 0.25) is 0 Å². The molecule has 1 fully saturated rings. The highest BCUT2D eigenvalue weighted by molar-refractivity contribution is 9.10. The molecule has 4 aromatic heterocycles. The number of piperidine rings is 1. The molecule has 0 radical (unpaired) electrons. The van der Waals surface area contributed by atoms with Crippen LogP contribution < -0.4 is 15.8 Å². The third-order valence-electron chi connectivity index (χ3n) is 9.90. The summed E-state index contributed by atoms with van der Waals surface area (Å²) in [6, 6.07) is 18.3. The highest BCUT2D eigenvalue weighted by Crippen LogP contribution is 2.27. The summed E-state index contributed by atoms with van der Waals surface area (Å²) >= 11 is 6.97. The van der Waals surface area contributed by atoms with E-state index in [0.29, 0.717) is 24.3 Å². The van der Waals surface area contributed by atoms with Crippen molar-refractivity contribution in [1.82, 2.24) is 29.2 Å². The van der Waals surface area contributed by atoms with Crippen LogP contribution in [0.1, 0.15) is 79.8 Å². The smallest absolute Gasteiger partial charge is 0.199 e. The van der Waals surface area contributed by atoms with Gasteiger partial charge < -0.3 is 14.0 Å². The number of anilines is 1. The number of halogens is 2. The number of aromatic nitrogens is 5. The topological polar surface area (TPSA) is 106 Å². The summed E-state index contributed by atoms with van der Waals surface area (Å²) in [4.78, 5) is 45.9. The minimum absolute atomic E-state index is 0.112. The van der Waals surface area contributed by atoms with Crippen LogP contribution in [0.15, 0.2) is 104 Å². The second kappa shape index (κ2) is 17.3. The van der Waals surface area contributed by atoms with Crippen LogP contribution in [0.5, 0.6) is 0 Å². The highest BCUT2D eigenvalue weighted by atomic mass is 79.9. The molecule has 1 atom stereocenters. The first-order chi connectivity index (χ1) is 25.9. The second-order valence-electron chi connectivity index (χ2n) is 14.4. The molecule has 2 aromatic carbocycles. The van der Waals surface area contributed by atoms with Crippen LogP contribution >= 0.6 is 31.9 Å². The van der Waals surface area contributed by atoms with Gasteiger partial charge in [-0.25, -0.2) is 0 Å². The average Bonchev–Trinajstić information content (AvgIpc) is 3.16. The van der Waals surface area contributed by atoms with Crippen LogP contribution in [0.4, 0.5) is 5.69 Å². The van der Waals surface area contributed by atoms with Gasteiger partial charge in [-0.2, -0.15) is 10.2 Å². The Morgan fingerprint density at radius 2 is 1.50 bits per heavy atom. The second-order valence-corrected chi connectivity index (χ2v) is 16.2. The minimum atomic E-state index is -0.209. The molecule has 1 saturated heterocycles. The number of hydrogen-bond donors (Lipinski definition) is 0. The van der Waals surface area contributed by atoms with Crippen molar-refractivity contribution in [2.24, 2.45) is 0 Å². The first-order valence-electron chi connectivity index (χ1n) is 18.2. The standard InChI is InChI=1S/C29H33BrN6O.C13H12BrNO2/c1-20(2)36-18-23(29(37)27-7-6-24(30)14-28(27)36)17-35(16-22-8-10-31-21(3)13-22)26-5-4-12-34(19-26)25-9-11-32-33-15-25;1-8(2)15-6-9(7-16)13(17)11-4-3-10(14)5-12(11)15/h6-11,13-15,18,20,26H,4-5,12,16-17,19H2,1-3H3;3-8H,1-2H3/t26-;/m0./s1.